The number of hydrogen-bond acceptors (Lipinski definition) is 6. The Balaban J connectivity index is 1.02. The standard InChI is InChI=1S/C33H34N4O4/c38-29-12-11-28(32(40)34-29)36-20-25-17-22(9-10-27(25)33(36)41)21-13-15-35(16-14-21)19-24-6-4-5-23-18-30(39)37(31(23)24)26-7-2-1-3-8-26/h1-10,17,21,28,33,41H,11-16,18-20H2,(H,34,38,40). The number of aliphatic hydroxyl groups is 1. The van der Waals surface area contributed by atoms with Gasteiger partial charge in [0, 0.05) is 25.2 Å². The molecule has 0 radical (unpaired) electrons. The van der Waals surface area contributed by atoms with Crippen LogP contribution in [-0.2, 0) is 33.9 Å². The first-order valence-corrected chi connectivity index (χ1v) is 14.6. The minimum Gasteiger partial charge on any atom is -0.374 e. The largest absolute Gasteiger partial charge is 0.374 e. The molecule has 0 aliphatic carbocycles. The lowest BCUT2D eigenvalue weighted by Crippen LogP contribution is -2.51. The van der Waals surface area contributed by atoms with Gasteiger partial charge in [0.25, 0.3) is 0 Å². The van der Waals surface area contributed by atoms with Crippen LogP contribution >= 0.6 is 0 Å². The lowest BCUT2D eigenvalue weighted by Gasteiger charge is -2.33. The van der Waals surface area contributed by atoms with Gasteiger partial charge in [-0.05, 0) is 78.2 Å². The Morgan fingerprint density at radius 1 is 0.878 bits per heavy atom. The van der Waals surface area contributed by atoms with Crippen LogP contribution in [0.5, 0.6) is 0 Å². The number of fused-ring (bicyclic) bond motifs is 2. The molecule has 0 spiro atoms. The molecule has 7 rings (SSSR count). The van der Waals surface area contributed by atoms with E-state index in [4.69, 9.17) is 0 Å². The first-order valence-electron chi connectivity index (χ1n) is 14.6. The summed E-state index contributed by atoms with van der Waals surface area (Å²) in [4.78, 5) is 43.2. The normalized spacial score (nSPS) is 23.5. The maximum absolute atomic E-state index is 13.0. The molecule has 0 aromatic heterocycles. The van der Waals surface area contributed by atoms with Crippen molar-refractivity contribution in [3.63, 3.8) is 0 Å². The average Bonchev–Trinajstić information content (AvgIpc) is 3.50. The first kappa shape index (κ1) is 26.1. The van der Waals surface area contributed by atoms with E-state index in [0.717, 1.165) is 60.5 Å². The first-order chi connectivity index (χ1) is 20.0. The molecule has 0 saturated carbocycles. The third kappa shape index (κ3) is 4.76. The summed E-state index contributed by atoms with van der Waals surface area (Å²) < 4.78 is 0. The number of benzene rings is 3. The highest BCUT2D eigenvalue weighted by Gasteiger charge is 2.40. The molecule has 4 heterocycles. The minimum absolute atomic E-state index is 0.121. The van der Waals surface area contributed by atoms with Crippen LogP contribution in [0.3, 0.4) is 0 Å². The molecule has 2 saturated heterocycles. The molecule has 3 amide bonds. The fraction of sp³-hybridized carbons (Fsp3) is 0.364. The van der Waals surface area contributed by atoms with E-state index in [1.165, 1.54) is 11.1 Å². The molecule has 210 valence electrons. The van der Waals surface area contributed by atoms with Gasteiger partial charge in [-0.15, -0.1) is 0 Å². The van der Waals surface area contributed by atoms with Gasteiger partial charge in [-0.2, -0.15) is 0 Å². The maximum Gasteiger partial charge on any atom is 0.244 e. The Hall–Kier alpha value is -3.85. The van der Waals surface area contributed by atoms with Crippen molar-refractivity contribution in [2.75, 3.05) is 18.0 Å². The molecule has 41 heavy (non-hydrogen) atoms. The summed E-state index contributed by atoms with van der Waals surface area (Å²) in [6.45, 7) is 3.25. The number of hydrogen-bond donors (Lipinski definition) is 2. The van der Waals surface area contributed by atoms with Crippen molar-refractivity contribution < 1.29 is 19.5 Å². The maximum atomic E-state index is 13.0. The highest BCUT2D eigenvalue weighted by atomic mass is 16.3. The molecular weight excluding hydrogens is 516 g/mol. The molecule has 2 atom stereocenters. The topological polar surface area (TPSA) is 93.2 Å². The van der Waals surface area contributed by atoms with Gasteiger partial charge in [0.1, 0.15) is 6.23 Å². The zero-order valence-electron chi connectivity index (χ0n) is 23.0. The summed E-state index contributed by atoms with van der Waals surface area (Å²) in [5, 5.41) is 13.4. The van der Waals surface area contributed by atoms with Crippen molar-refractivity contribution in [2.24, 2.45) is 0 Å². The highest BCUT2D eigenvalue weighted by molar-refractivity contribution is 6.08. The van der Waals surface area contributed by atoms with E-state index in [1.54, 1.807) is 4.90 Å². The number of nitrogens with one attached hydrogen (secondary N) is 1. The monoisotopic (exact) mass is 550 g/mol. The molecule has 2 N–H and O–H groups in total. The van der Waals surface area contributed by atoms with Crippen LogP contribution in [0.4, 0.5) is 11.4 Å². The molecule has 8 heteroatoms. The second kappa shape index (κ2) is 10.5. The number of amides is 3. The minimum atomic E-state index is -0.834. The van der Waals surface area contributed by atoms with E-state index in [9.17, 15) is 19.5 Å². The summed E-state index contributed by atoms with van der Waals surface area (Å²) in [5.74, 6) is -0.0109. The van der Waals surface area contributed by atoms with Gasteiger partial charge < -0.3 is 5.11 Å². The fourth-order valence-electron chi connectivity index (χ4n) is 7.09. The van der Waals surface area contributed by atoms with Crippen LogP contribution in [0.15, 0.2) is 66.7 Å². The lowest BCUT2D eigenvalue weighted by atomic mass is 9.87. The highest BCUT2D eigenvalue weighted by Crippen LogP contribution is 2.41. The van der Waals surface area contributed by atoms with Gasteiger partial charge in [0.15, 0.2) is 0 Å². The molecule has 3 aromatic carbocycles. The van der Waals surface area contributed by atoms with Crippen LogP contribution in [0.25, 0.3) is 0 Å². The summed E-state index contributed by atoms with van der Waals surface area (Å²) in [5.41, 5.74) is 7.44. The van der Waals surface area contributed by atoms with Crippen molar-refractivity contribution in [3.8, 4) is 0 Å². The van der Waals surface area contributed by atoms with Crippen LogP contribution in [0.2, 0.25) is 0 Å². The molecule has 2 unspecified atom stereocenters. The molecule has 3 aromatic rings. The number of piperidine rings is 2. The van der Waals surface area contributed by atoms with E-state index >= 15 is 0 Å². The Morgan fingerprint density at radius 3 is 2.46 bits per heavy atom. The van der Waals surface area contributed by atoms with Crippen molar-refractivity contribution >= 4 is 29.1 Å². The smallest absolute Gasteiger partial charge is 0.244 e. The Bertz CT molecular complexity index is 1510. The summed E-state index contributed by atoms with van der Waals surface area (Å²) in [6.07, 6.45) is 2.41. The van der Waals surface area contributed by atoms with E-state index in [0.29, 0.717) is 31.7 Å². The van der Waals surface area contributed by atoms with Crippen molar-refractivity contribution in [1.29, 1.82) is 0 Å². The summed E-state index contributed by atoms with van der Waals surface area (Å²) in [6, 6.07) is 22.0. The van der Waals surface area contributed by atoms with Crippen molar-refractivity contribution in [2.45, 2.75) is 63.4 Å². The quantitative estimate of drug-likeness (QED) is 0.468. The number of nitrogens with zero attached hydrogens (tertiary/aromatic N) is 3. The zero-order valence-corrected chi connectivity index (χ0v) is 23.0. The van der Waals surface area contributed by atoms with Gasteiger partial charge in [0.05, 0.1) is 18.2 Å². The number of para-hydroxylation sites is 2. The van der Waals surface area contributed by atoms with Gasteiger partial charge in [0.2, 0.25) is 17.7 Å². The summed E-state index contributed by atoms with van der Waals surface area (Å²) >= 11 is 0. The number of carbonyl (C=O) groups excluding carboxylic acids is 3. The number of likely N-dealkylation sites (tertiary alicyclic amines) is 1. The number of anilines is 2. The Kier molecular flexibility index (Phi) is 6.69. The van der Waals surface area contributed by atoms with Gasteiger partial charge >= 0.3 is 0 Å². The average molecular weight is 551 g/mol. The Morgan fingerprint density at radius 2 is 1.68 bits per heavy atom. The predicted molar refractivity (Wildman–Crippen MR) is 154 cm³/mol. The van der Waals surface area contributed by atoms with Crippen LogP contribution < -0.4 is 10.2 Å². The molecule has 8 nitrogen and oxygen atoms in total. The Labute approximate surface area is 239 Å². The van der Waals surface area contributed by atoms with E-state index in [-0.39, 0.29) is 17.7 Å². The van der Waals surface area contributed by atoms with E-state index in [2.05, 4.69) is 40.5 Å². The molecule has 4 aliphatic rings. The van der Waals surface area contributed by atoms with Crippen LogP contribution in [0, 0.1) is 0 Å². The molecule has 0 bridgehead atoms. The SMILES string of the molecule is O=C1CCC(N2Cc3cc(C4CCN(Cc5cccc6c5N(c5ccccc5)C(=O)C6)CC4)ccc3C2O)C(=O)N1. The van der Waals surface area contributed by atoms with Crippen molar-refractivity contribution in [3.05, 3.63) is 94.5 Å². The number of imide groups is 1. The molecular formula is C33H34N4O4. The van der Waals surface area contributed by atoms with Crippen LogP contribution in [-0.4, -0.2) is 51.8 Å². The third-order valence-corrected chi connectivity index (χ3v) is 9.21. The van der Waals surface area contributed by atoms with Crippen LogP contribution in [0.1, 0.15) is 65.6 Å². The third-order valence-electron chi connectivity index (χ3n) is 9.21. The summed E-state index contributed by atoms with van der Waals surface area (Å²) in [7, 11) is 0. The number of rotatable bonds is 5. The molecule has 2 fully saturated rings. The van der Waals surface area contributed by atoms with E-state index < -0.39 is 12.3 Å². The second-order valence-corrected chi connectivity index (χ2v) is 11.7. The second-order valence-electron chi connectivity index (χ2n) is 11.7. The van der Waals surface area contributed by atoms with Gasteiger partial charge in [-0.3, -0.25) is 34.4 Å². The van der Waals surface area contributed by atoms with Crippen molar-refractivity contribution in [1.82, 2.24) is 15.1 Å². The molecule has 4 aliphatic heterocycles. The van der Waals surface area contributed by atoms with E-state index in [1.807, 2.05) is 41.3 Å². The number of carbonyl (C=O) groups is 3. The fourth-order valence-corrected chi connectivity index (χ4v) is 7.09. The number of aliphatic hydroxyl groups excluding tert-OH is 1. The predicted octanol–water partition coefficient (Wildman–Crippen LogP) is 3.90. The zero-order chi connectivity index (χ0) is 28.1. The van der Waals surface area contributed by atoms with Gasteiger partial charge in [-0.25, -0.2) is 0 Å². The van der Waals surface area contributed by atoms with Gasteiger partial charge in [-0.1, -0.05) is 54.6 Å². The lowest BCUT2D eigenvalue weighted by molar-refractivity contribution is -0.141.